The van der Waals surface area contributed by atoms with E-state index in [0.717, 1.165) is 18.4 Å². The molecule has 0 N–H and O–H groups in total. The molecule has 0 spiro atoms. The molecule has 1 aromatic rings. The second kappa shape index (κ2) is 8.07. The van der Waals surface area contributed by atoms with E-state index in [2.05, 4.69) is 6.92 Å². The van der Waals surface area contributed by atoms with Crippen LogP contribution in [0.25, 0.3) is 0 Å². The van der Waals surface area contributed by atoms with Gasteiger partial charge in [0, 0.05) is 24.2 Å². The first kappa shape index (κ1) is 14.0. The van der Waals surface area contributed by atoms with E-state index in [9.17, 15) is 9.59 Å². The molecule has 92 valence electrons. The standard InChI is InChI=1S/C14H18O2S/c1-2-3-9-14(16)17-11-10-13(15)12-7-5-4-6-8-12/h4-8H,2-3,9-11H2,1H3. The van der Waals surface area contributed by atoms with Gasteiger partial charge in [0.25, 0.3) is 0 Å². The van der Waals surface area contributed by atoms with Crippen LogP contribution in [0.2, 0.25) is 0 Å². The van der Waals surface area contributed by atoms with Gasteiger partial charge >= 0.3 is 0 Å². The number of benzene rings is 1. The molecule has 0 aliphatic heterocycles. The highest BCUT2D eigenvalue weighted by molar-refractivity contribution is 8.13. The van der Waals surface area contributed by atoms with Gasteiger partial charge in [-0.2, -0.15) is 0 Å². The van der Waals surface area contributed by atoms with Crippen LogP contribution < -0.4 is 0 Å². The van der Waals surface area contributed by atoms with Gasteiger partial charge in [0.1, 0.15) is 0 Å². The molecule has 0 heterocycles. The number of thioether (sulfide) groups is 1. The fraction of sp³-hybridized carbons (Fsp3) is 0.429. The van der Waals surface area contributed by atoms with Crippen molar-refractivity contribution in [2.45, 2.75) is 32.6 Å². The molecule has 0 radical (unpaired) electrons. The molecular weight excluding hydrogens is 232 g/mol. The van der Waals surface area contributed by atoms with Crippen LogP contribution in [0.4, 0.5) is 0 Å². The summed E-state index contributed by atoms with van der Waals surface area (Å²) in [6, 6.07) is 9.22. The van der Waals surface area contributed by atoms with Crippen LogP contribution in [0.5, 0.6) is 0 Å². The van der Waals surface area contributed by atoms with Crippen LogP contribution in [0.3, 0.4) is 0 Å². The summed E-state index contributed by atoms with van der Waals surface area (Å²) in [7, 11) is 0. The number of rotatable bonds is 7. The average molecular weight is 250 g/mol. The van der Waals surface area contributed by atoms with Crippen molar-refractivity contribution in [3.05, 3.63) is 35.9 Å². The summed E-state index contributed by atoms with van der Waals surface area (Å²) in [5.74, 6) is 0.706. The van der Waals surface area contributed by atoms with Crippen LogP contribution >= 0.6 is 11.8 Å². The van der Waals surface area contributed by atoms with E-state index in [0.29, 0.717) is 18.6 Å². The van der Waals surface area contributed by atoms with Gasteiger partial charge in [-0.05, 0) is 6.42 Å². The third kappa shape index (κ3) is 5.68. The molecule has 0 fully saturated rings. The SMILES string of the molecule is CCCCC(=O)SCCC(=O)c1ccccc1. The monoisotopic (exact) mass is 250 g/mol. The normalized spacial score (nSPS) is 10.2. The lowest BCUT2D eigenvalue weighted by Crippen LogP contribution is -2.02. The average Bonchev–Trinajstić information content (AvgIpc) is 2.37. The Morgan fingerprint density at radius 1 is 1.12 bits per heavy atom. The second-order valence-corrected chi connectivity index (χ2v) is 5.02. The molecule has 0 saturated carbocycles. The van der Waals surface area contributed by atoms with E-state index in [4.69, 9.17) is 0 Å². The van der Waals surface area contributed by atoms with Gasteiger partial charge < -0.3 is 0 Å². The lowest BCUT2D eigenvalue weighted by Gasteiger charge is -2.01. The van der Waals surface area contributed by atoms with Crippen molar-refractivity contribution >= 4 is 22.7 Å². The third-order valence-electron chi connectivity index (χ3n) is 2.42. The Kier molecular flexibility index (Phi) is 6.63. The number of carbonyl (C=O) groups excluding carboxylic acids is 2. The maximum absolute atomic E-state index is 11.7. The van der Waals surface area contributed by atoms with Crippen molar-refractivity contribution in [1.29, 1.82) is 0 Å². The lowest BCUT2D eigenvalue weighted by molar-refractivity contribution is -0.111. The first-order valence-electron chi connectivity index (χ1n) is 5.98. The highest BCUT2D eigenvalue weighted by atomic mass is 32.2. The number of unbranched alkanes of at least 4 members (excludes halogenated alkanes) is 1. The topological polar surface area (TPSA) is 34.1 Å². The highest BCUT2D eigenvalue weighted by Gasteiger charge is 2.07. The number of Topliss-reactive ketones (excluding diaryl/α,β-unsaturated/α-hetero) is 1. The molecule has 0 aliphatic carbocycles. The molecule has 17 heavy (non-hydrogen) atoms. The predicted molar refractivity (Wildman–Crippen MR) is 72.4 cm³/mol. The molecule has 0 amide bonds. The molecule has 1 rings (SSSR count). The first-order chi connectivity index (χ1) is 8.24. The molecule has 0 unspecified atom stereocenters. The van der Waals surface area contributed by atoms with E-state index < -0.39 is 0 Å². The maximum Gasteiger partial charge on any atom is 0.188 e. The van der Waals surface area contributed by atoms with Gasteiger partial charge in [0.15, 0.2) is 10.9 Å². The number of hydrogen-bond acceptors (Lipinski definition) is 3. The summed E-state index contributed by atoms with van der Waals surface area (Å²) in [5, 5.41) is 0.202. The molecular formula is C14H18O2S. The molecule has 2 nitrogen and oxygen atoms in total. The van der Waals surface area contributed by atoms with Gasteiger partial charge in [0.2, 0.25) is 0 Å². The number of hydrogen-bond donors (Lipinski definition) is 0. The van der Waals surface area contributed by atoms with E-state index >= 15 is 0 Å². The van der Waals surface area contributed by atoms with Gasteiger partial charge in [-0.3, -0.25) is 9.59 Å². The molecule has 0 atom stereocenters. The van der Waals surface area contributed by atoms with Crippen molar-refractivity contribution < 1.29 is 9.59 Å². The van der Waals surface area contributed by atoms with Crippen LogP contribution in [0.1, 0.15) is 43.0 Å². The largest absolute Gasteiger partial charge is 0.294 e. The summed E-state index contributed by atoms with van der Waals surface area (Å²) in [6.45, 7) is 2.07. The Morgan fingerprint density at radius 2 is 1.82 bits per heavy atom. The van der Waals surface area contributed by atoms with Crippen molar-refractivity contribution in [1.82, 2.24) is 0 Å². The predicted octanol–water partition coefficient (Wildman–Crippen LogP) is 3.71. The Hall–Kier alpha value is -1.09. The van der Waals surface area contributed by atoms with Gasteiger partial charge in [-0.25, -0.2) is 0 Å². The quantitative estimate of drug-likeness (QED) is 0.692. The minimum atomic E-state index is 0.112. The summed E-state index contributed by atoms with van der Waals surface area (Å²) >= 11 is 1.28. The van der Waals surface area contributed by atoms with E-state index in [1.807, 2.05) is 30.3 Å². The Balaban J connectivity index is 2.23. The zero-order valence-corrected chi connectivity index (χ0v) is 11.0. The number of carbonyl (C=O) groups is 2. The Morgan fingerprint density at radius 3 is 2.47 bits per heavy atom. The van der Waals surface area contributed by atoms with E-state index in [1.165, 1.54) is 11.8 Å². The number of ketones is 1. The smallest absolute Gasteiger partial charge is 0.188 e. The summed E-state index contributed by atoms with van der Waals surface area (Å²) in [4.78, 5) is 23.1. The van der Waals surface area contributed by atoms with E-state index in [1.54, 1.807) is 0 Å². The summed E-state index contributed by atoms with van der Waals surface area (Å²) < 4.78 is 0. The lowest BCUT2D eigenvalue weighted by atomic mass is 10.1. The zero-order valence-electron chi connectivity index (χ0n) is 10.1. The van der Waals surface area contributed by atoms with Gasteiger partial charge in [-0.15, -0.1) is 0 Å². The molecule has 0 saturated heterocycles. The molecule has 0 bridgehead atoms. The second-order valence-electron chi connectivity index (χ2n) is 3.86. The van der Waals surface area contributed by atoms with Crippen molar-refractivity contribution in [3.8, 4) is 0 Å². The van der Waals surface area contributed by atoms with Crippen molar-refractivity contribution in [2.24, 2.45) is 0 Å². The summed E-state index contributed by atoms with van der Waals surface area (Å²) in [5.41, 5.74) is 0.731. The van der Waals surface area contributed by atoms with Gasteiger partial charge in [0.05, 0.1) is 0 Å². The first-order valence-corrected chi connectivity index (χ1v) is 6.96. The molecule has 0 aliphatic rings. The third-order valence-corrected chi connectivity index (χ3v) is 3.36. The minimum Gasteiger partial charge on any atom is -0.294 e. The minimum absolute atomic E-state index is 0.112. The van der Waals surface area contributed by atoms with Crippen molar-refractivity contribution in [3.63, 3.8) is 0 Å². The van der Waals surface area contributed by atoms with Crippen LogP contribution in [-0.4, -0.2) is 16.7 Å². The summed E-state index contributed by atoms with van der Waals surface area (Å²) in [6.07, 6.45) is 3.04. The Labute approximate surface area is 107 Å². The van der Waals surface area contributed by atoms with Gasteiger partial charge in [-0.1, -0.05) is 55.4 Å². The Bertz CT molecular complexity index is 360. The van der Waals surface area contributed by atoms with Crippen LogP contribution in [0, 0.1) is 0 Å². The fourth-order valence-electron chi connectivity index (χ4n) is 1.42. The highest BCUT2D eigenvalue weighted by Crippen LogP contribution is 2.12. The zero-order chi connectivity index (χ0) is 12.5. The fourth-order valence-corrected chi connectivity index (χ4v) is 2.22. The molecule has 3 heteroatoms. The van der Waals surface area contributed by atoms with Crippen LogP contribution in [-0.2, 0) is 4.79 Å². The molecule has 1 aromatic carbocycles. The molecule has 0 aromatic heterocycles. The van der Waals surface area contributed by atoms with E-state index in [-0.39, 0.29) is 10.9 Å². The van der Waals surface area contributed by atoms with Crippen molar-refractivity contribution in [2.75, 3.05) is 5.75 Å². The maximum atomic E-state index is 11.7. The van der Waals surface area contributed by atoms with Crippen LogP contribution in [0.15, 0.2) is 30.3 Å².